The van der Waals surface area contributed by atoms with Gasteiger partial charge in [-0.05, 0) is 0 Å². The second-order valence-electron chi connectivity index (χ2n) is 3.84. The molecule has 2 saturated carbocycles. The van der Waals surface area contributed by atoms with E-state index < -0.39 is 4.82 Å². The number of alkyl halides is 2. The Morgan fingerprint density at radius 3 is 2.18 bits per heavy atom. The fraction of sp³-hybridized carbons (Fsp3) is 1.00. The molecule has 2 aliphatic rings. The molecule has 3 heteroatoms. The minimum absolute atomic E-state index is 0.316. The summed E-state index contributed by atoms with van der Waals surface area (Å²) < 4.78 is 25.7. The summed E-state index contributed by atoms with van der Waals surface area (Å²) in [6.45, 7) is 0. The van der Waals surface area contributed by atoms with Gasteiger partial charge in [0.2, 0.25) is 0 Å². The van der Waals surface area contributed by atoms with Crippen molar-refractivity contribution in [2.75, 3.05) is 0 Å². The second-order valence-corrected chi connectivity index (χ2v) is 4.99. The molecule has 2 rings (SSSR count). The van der Waals surface area contributed by atoms with Crippen LogP contribution in [0.4, 0.5) is 8.78 Å². The van der Waals surface area contributed by atoms with E-state index in [0.717, 1.165) is 19.3 Å². The van der Waals surface area contributed by atoms with E-state index in [1.54, 1.807) is 0 Å². The quantitative estimate of drug-likeness (QED) is 0.599. The minimum atomic E-state index is -2.54. The van der Waals surface area contributed by atoms with Gasteiger partial charge in [-0.3, -0.25) is 0 Å². The molecule has 0 aromatic heterocycles. The first-order valence-corrected chi connectivity index (χ1v) is 5.01. The molecule has 3 unspecified atom stereocenters. The number of rotatable bonds is 1. The van der Waals surface area contributed by atoms with Gasteiger partial charge in [-0.1, -0.05) is 0 Å². The van der Waals surface area contributed by atoms with Crippen molar-refractivity contribution < 1.29 is 8.78 Å². The van der Waals surface area contributed by atoms with E-state index in [4.69, 9.17) is 0 Å². The zero-order chi connectivity index (χ0) is 8.06. The van der Waals surface area contributed by atoms with Crippen LogP contribution < -0.4 is 0 Å². The van der Waals surface area contributed by atoms with E-state index in [0.29, 0.717) is 11.8 Å². The van der Waals surface area contributed by atoms with Gasteiger partial charge in [0.25, 0.3) is 0 Å². The molecule has 11 heavy (non-hydrogen) atoms. The number of halogens is 2. The maximum absolute atomic E-state index is 12.8. The van der Waals surface area contributed by atoms with E-state index in [-0.39, 0.29) is 5.92 Å². The molecule has 63 valence electrons. The Morgan fingerprint density at radius 1 is 1.18 bits per heavy atom. The predicted molar refractivity (Wildman–Crippen MR) is 39.6 cm³/mol. The summed E-state index contributed by atoms with van der Waals surface area (Å²) in [4.78, 5) is -2.54. The molecular weight excluding hydrogens is 213 g/mol. The molecule has 0 nitrogen and oxygen atoms in total. The summed E-state index contributed by atoms with van der Waals surface area (Å²) in [7, 11) is 0. The zero-order valence-corrected chi connectivity index (χ0v) is 7.94. The molecule has 2 aliphatic carbocycles. The van der Waals surface area contributed by atoms with Crippen molar-refractivity contribution in [3.8, 4) is 0 Å². The van der Waals surface area contributed by atoms with E-state index in [9.17, 15) is 8.78 Å². The predicted octanol–water partition coefficient (Wildman–Crippen LogP) is 2.18. The van der Waals surface area contributed by atoms with Crippen molar-refractivity contribution in [2.45, 2.75) is 30.5 Å². The summed E-state index contributed by atoms with van der Waals surface area (Å²) in [5.41, 5.74) is 0. The van der Waals surface area contributed by atoms with E-state index >= 15 is 0 Å². The molecule has 2 fully saturated rings. The first-order chi connectivity index (χ1) is 5.07. The van der Waals surface area contributed by atoms with Crippen molar-refractivity contribution >= 4 is 16.0 Å². The molecule has 0 aromatic carbocycles. The van der Waals surface area contributed by atoms with Crippen molar-refractivity contribution in [2.24, 2.45) is 17.8 Å². The average Bonchev–Trinajstić information content (AvgIpc) is 2.42. The Balaban J connectivity index is 2.08. The number of fused-ring (bicyclic) bond motifs is 2. The first kappa shape index (κ1) is 8.00. The monoisotopic (exact) mass is 225 g/mol. The summed E-state index contributed by atoms with van der Waals surface area (Å²) in [5, 5.41) is 0. The Morgan fingerprint density at radius 2 is 1.91 bits per heavy atom. The van der Waals surface area contributed by atoms with Crippen LogP contribution in [0.5, 0.6) is 0 Å². The Hall–Kier alpha value is 0.379. The van der Waals surface area contributed by atoms with Crippen molar-refractivity contribution in [1.29, 1.82) is 0 Å². The van der Waals surface area contributed by atoms with Crippen LogP contribution in [0.2, 0.25) is 0 Å². The summed E-state index contributed by atoms with van der Waals surface area (Å²) in [5.74, 6) is 0.585. The van der Waals surface area contributed by atoms with Gasteiger partial charge in [0.1, 0.15) is 0 Å². The summed E-state index contributed by atoms with van der Waals surface area (Å²) >= 11 is 2.01. The maximum atomic E-state index is 12.8. The molecule has 0 aliphatic heterocycles. The van der Waals surface area contributed by atoms with Crippen LogP contribution in [0, 0.1) is 17.8 Å². The third kappa shape index (κ3) is 1.33. The average molecular weight is 224 g/mol. The van der Waals surface area contributed by atoms with Gasteiger partial charge < -0.3 is 0 Å². The zero-order valence-electron chi connectivity index (χ0n) is 6.22. The third-order valence-corrected chi connectivity index (χ3v) is 3.80. The SMILES string of the molecule is FC(F)([Se])C1CC2CCC1C2. The van der Waals surface area contributed by atoms with Crippen molar-refractivity contribution in [1.82, 2.24) is 0 Å². The first-order valence-electron chi connectivity index (χ1n) is 4.15. The second kappa shape index (κ2) is 2.43. The van der Waals surface area contributed by atoms with Crippen molar-refractivity contribution in [3.05, 3.63) is 0 Å². The van der Waals surface area contributed by atoms with Crippen molar-refractivity contribution in [3.63, 3.8) is 0 Å². The Kier molecular flexibility index (Phi) is 1.77. The summed E-state index contributed by atoms with van der Waals surface area (Å²) in [6, 6.07) is 0. The van der Waals surface area contributed by atoms with E-state index in [1.165, 1.54) is 6.42 Å². The van der Waals surface area contributed by atoms with Crippen LogP contribution in [0.3, 0.4) is 0 Å². The fourth-order valence-corrected chi connectivity index (χ4v) is 3.26. The normalized spacial score (nSPS) is 43.4. The topological polar surface area (TPSA) is 0 Å². The van der Waals surface area contributed by atoms with Crippen LogP contribution in [0.15, 0.2) is 0 Å². The standard InChI is InChI=1S/C8H11F2Se/c9-8(10,11)7-4-5-1-2-6(7)3-5/h5-7H,1-4H2. The molecule has 0 saturated heterocycles. The van der Waals surface area contributed by atoms with Gasteiger partial charge in [-0.25, -0.2) is 0 Å². The van der Waals surface area contributed by atoms with E-state index in [2.05, 4.69) is 0 Å². The molecule has 0 amide bonds. The van der Waals surface area contributed by atoms with Gasteiger partial charge in [-0.2, -0.15) is 0 Å². The third-order valence-electron chi connectivity index (χ3n) is 3.17. The van der Waals surface area contributed by atoms with Crippen LogP contribution >= 0.6 is 0 Å². The molecule has 2 bridgehead atoms. The number of hydrogen-bond acceptors (Lipinski definition) is 0. The molecule has 3 atom stereocenters. The number of hydrogen-bond donors (Lipinski definition) is 0. The fourth-order valence-electron chi connectivity index (χ4n) is 2.66. The van der Waals surface area contributed by atoms with Gasteiger partial charge in [-0.15, -0.1) is 0 Å². The molecule has 0 heterocycles. The van der Waals surface area contributed by atoms with Crippen LogP contribution in [0.25, 0.3) is 0 Å². The Bertz CT molecular complexity index is 164. The van der Waals surface area contributed by atoms with Crippen LogP contribution in [-0.2, 0) is 0 Å². The van der Waals surface area contributed by atoms with Gasteiger partial charge in [0.15, 0.2) is 0 Å². The van der Waals surface area contributed by atoms with Gasteiger partial charge in [0, 0.05) is 0 Å². The van der Waals surface area contributed by atoms with Gasteiger partial charge >= 0.3 is 73.1 Å². The molecule has 0 N–H and O–H groups in total. The van der Waals surface area contributed by atoms with Gasteiger partial charge in [0.05, 0.1) is 0 Å². The van der Waals surface area contributed by atoms with Crippen LogP contribution in [0.1, 0.15) is 25.7 Å². The van der Waals surface area contributed by atoms with E-state index in [1.807, 2.05) is 16.0 Å². The Labute approximate surface area is 73.5 Å². The molecule has 0 aromatic rings. The summed E-state index contributed by atoms with van der Waals surface area (Å²) in [6.07, 6.45) is 4.04. The molecule has 1 radical (unpaired) electrons. The molecular formula is C8H11F2Se. The molecule has 0 spiro atoms. The van der Waals surface area contributed by atoms with Crippen LogP contribution in [-0.4, -0.2) is 20.8 Å².